The van der Waals surface area contributed by atoms with Crippen LogP contribution in [0.3, 0.4) is 0 Å². The molecule has 0 aromatic heterocycles. The van der Waals surface area contributed by atoms with Crippen LogP contribution < -0.4 is 10.5 Å². The van der Waals surface area contributed by atoms with Crippen LogP contribution in [0, 0.1) is 6.92 Å². The predicted molar refractivity (Wildman–Crippen MR) is 90.7 cm³/mol. The molecule has 0 aliphatic heterocycles. The van der Waals surface area contributed by atoms with Gasteiger partial charge in [0.05, 0.1) is 0 Å². The zero-order chi connectivity index (χ0) is 16.8. The van der Waals surface area contributed by atoms with E-state index in [1.54, 1.807) is 37.3 Å². The lowest BCUT2D eigenvalue weighted by Crippen LogP contribution is -2.20. The number of halogens is 1. The Bertz CT molecular complexity index is 769. The summed E-state index contributed by atoms with van der Waals surface area (Å²) in [5.74, 6) is -0.169. The van der Waals surface area contributed by atoms with Crippen molar-refractivity contribution in [2.45, 2.75) is 6.92 Å². The summed E-state index contributed by atoms with van der Waals surface area (Å²) in [6.07, 6.45) is 3.15. The van der Waals surface area contributed by atoms with Gasteiger partial charge < -0.3 is 10.5 Å². The molecule has 0 fully saturated rings. The minimum absolute atomic E-state index is 0.144. The number of ketones is 1. The van der Waals surface area contributed by atoms with Crippen molar-refractivity contribution in [2.24, 2.45) is 5.73 Å². The molecule has 5 heteroatoms. The van der Waals surface area contributed by atoms with Gasteiger partial charge in [-0.1, -0.05) is 29.8 Å². The van der Waals surface area contributed by atoms with Gasteiger partial charge in [-0.15, -0.1) is 0 Å². The maximum absolute atomic E-state index is 12.2. The van der Waals surface area contributed by atoms with Crippen LogP contribution in [0.2, 0.25) is 5.02 Å². The summed E-state index contributed by atoms with van der Waals surface area (Å²) in [5.41, 5.74) is 7.09. The van der Waals surface area contributed by atoms with E-state index in [0.29, 0.717) is 16.3 Å². The fourth-order valence-corrected chi connectivity index (χ4v) is 2.18. The second kappa shape index (κ2) is 7.61. The molecule has 0 aliphatic carbocycles. The molecule has 0 aliphatic rings. The van der Waals surface area contributed by atoms with Crippen LogP contribution in [-0.4, -0.2) is 18.3 Å². The highest BCUT2D eigenvalue weighted by molar-refractivity contribution is 6.32. The first-order valence-electron chi connectivity index (χ1n) is 6.96. The lowest BCUT2D eigenvalue weighted by Gasteiger charge is -2.08. The second-order valence-electron chi connectivity index (χ2n) is 4.95. The largest absolute Gasteiger partial charge is 0.484 e. The van der Waals surface area contributed by atoms with Crippen molar-refractivity contribution < 1.29 is 14.3 Å². The molecule has 0 radical (unpaired) electrons. The number of allylic oxidation sites excluding steroid dienone is 1. The van der Waals surface area contributed by atoms with Crippen molar-refractivity contribution in [1.82, 2.24) is 0 Å². The monoisotopic (exact) mass is 329 g/mol. The summed E-state index contributed by atoms with van der Waals surface area (Å²) < 4.78 is 5.26. The molecule has 1 amide bonds. The van der Waals surface area contributed by atoms with E-state index in [2.05, 4.69) is 0 Å². The molecule has 0 saturated heterocycles. The van der Waals surface area contributed by atoms with Crippen LogP contribution in [0.5, 0.6) is 5.75 Å². The van der Waals surface area contributed by atoms with Gasteiger partial charge in [0, 0.05) is 10.6 Å². The summed E-state index contributed by atoms with van der Waals surface area (Å²) in [6.45, 7) is 1.60. The van der Waals surface area contributed by atoms with Crippen LogP contribution in [0.1, 0.15) is 21.5 Å². The standard InChI is InChI=1S/C18H16ClNO3/c1-12-10-14(7-9-17(12)23-11-18(20)22)16(21)8-6-13-4-2-3-5-15(13)19/h2-10H,11H2,1H3,(H2,20,22)/b8-6+. The summed E-state index contributed by atoms with van der Waals surface area (Å²) in [4.78, 5) is 22.9. The Kier molecular flexibility index (Phi) is 5.55. The van der Waals surface area contributed by atoms with Crippen molar-refractivity contribution >= 4 is 29.4 Å². The Morgan fingerprint density at radius 2 is 1.96 bits per heavy atom. The van der Waals surface area contributed by atoms with Gasteiger partial charge in [0.2, 0.25) is 0 Å². The number of aryl methyl sites for hydroxylation is 1. The average Bonchev–Trinajstić information content (AvgIpc) is 2.52. The molecule has 2 N–H and O–H groups in total. The van der Waals surface area contributed by atoms with Crippen LogP contribution >= 0.6 is 11.6 Å². The molecule has 0 atom stereocenters. The van der Waals surface area contributed by atoms with Gasteiger partial charge in [-0.3, -0.25) is 9.59 Å². The number of carbonyl (C=O) groups excluding carboxylic acids is 2. The smallest absolute Gasteiger partial charge is 0.255 e. The first-order valence-corrected chi connectivity index (χ1v) is 7.34. The molecule has 2 aromatic rings. The van der Waals surface area contributed by atoms with E-state index in [1.165, 1.54) is 6.08 Å². The van der Waals surface area contributed by atoms with E-state index in [-0.39, 0.29) is 12.4 Å². The van der Waals surface area contributed by atoms with Crippen LogP contribution in [0.15, 0.2) is 48.5 Å². The molecule has 0 heterocycles. The van der Waals surface area contributed by atoms with Crippen molar-refractivity contribution in [3.8, 4) is 5.75 Å². The fraction of sp³-hybridized carbons (Fsp3) is 0.111. The second-order valence-corrected chi connectivity index (χ2v) is 5.36. The highest BCUT2D eigenvalue weighted by Gasteiger charge is 2.07. The van der Waals surface area contributed by atoms with E-state index in [4.69, 9.17) is 22.1 Å². The number of hydrogen-bond acceptors (Lipinski definition) is 3. The first-order chi connectivity index (χ1) is 11.0. The number of rotatable bonds is 6. The Labute approximate surface area is 139 Å². The lowest BCUT2D eigenvalue weighted by molar-refractivity contribution is -0.119. The van der Waals surface area contributed by atoms with Crippen molar-refractivity contribution in [3.05, 3.63) is 70.3 Å². The summed E-state index contributed by atoms with van der Waals surface area (Å²) in [7, 11) is 0. The van der Waals surface area contributed by atoms with Crippen LogP contribution in [-0.2, 0) is 4.79 Å². The number of ether oxygens (including phenoxy) is 1. The molecule has 2 aromatic carbocycles. The normalized spacial score (nSPS) is 10.7. The minimum Gasteiger partial charge on any atom is -0.484 e. The zero-order valence-corrected chi connectivity index (χ0v) is 13.3. The van der Waals surface area contributed by atoms with E-state index in [9.17, 15) is 9.59 Å². The Morgan fingerprint density at radius 3 is 2.61 bits per heavy atom. The highest BCUT2D eigenvalue weighted by atomic mass is 35.5. The Hall–Kier alpha value is -2.59. The number of amides is 1. The number of benzene rings is 2. The number of nitrogens with two attached hydrogens (primary N) is 1. The molecule has 2 rings (SSSR count). The molecule has 23 heavy (non-hydrogen) atoms. The van der Waals surface area contributed by atoms with E-state index >= 15 is 0 Å². The maximum atomic E-state index is 12.2. The van der Waals surface area contributed by atoms with Gasteiger partial charge in [0.1, 0.15) is 5.75 Å². The van der Waals surface area contributed by atoms with Crippen LogP contribution in [0.25, 0.3) is 6.08 Å². The van der Waals surface area contributed by atoms with E-state index < -0.39 is 5.91 Å². The highest BCUT2D eigenvalue weighted by Crippen LogP contribution is 2.20. The van der Waals surface area contributed by atoms with Gasteiger partial charge in [0.25, 0.3) is 5.91 Å². The number of carbonyl (C=O) groups is 2. The molecular weight excluding hydrogens is 314 g/mol. The van der Waals surface area contributed by atoms with Crippen molar-refractivity contribution in [3.63, 3.8) is 0 Å². The SMILES string of the molecule is Cc1cc(C(=O)/C=C/c2ccccc2Cl)ccc1OCC(N)=O. The predicted octanol–water partition coefficient (Wildman–Crippen LogP) is 3.41. The minimum atomic E-state index is -0.549. The maximum Gasteiger partial charge on any atom is 0.255 e. The third-order valence-electron chi connectivity index (χ3n) is 3.15. The van der Waals surface area contributed by atoms with E-state index in [0.717, 1.165) is 11.1 Å². The average molecular weight is 330 g/mol. The molecule has 4 nitrogen and oxygen atoms in total. The first kappa shape index (κ1) is 16.8. The Morgan fingerprint density at radius 1 is 1.22 bits per heavy atom. The van der Waals surface area contributed by atoms with Crippen molar-refractivity contribution in [1.29, 1.82) is 0 Å². The van der Waals surface area contributed by atoms with Gasteiger partial charge >= 0.3 is 0 Å². The number of hydrogen-bond donors (Lipinski definition) is 1. The summed E-state index contributed by atoms with van der Waals surface area (Å²) in [5, 5.41) is 0.586. The Balaban J connectivity index is 2.12. The third-order valence-corrected chi connectivity index (χ3v) is 3.49. The molecule has 0 unspecified atom stereocenters. The third kappa shape index (κ3) is 4.69. The fourth-order valence-electron chi connectivity index (χ4n) is 1.99. The summed E-state index contributed by atoms with van der Waals surface area (Å²) >= 11 is 6.04. The molecule has 0 spiro atoms. The van der Waals surface area contributed by atoms with Crippen LogP contribution in [0.4, 0.5) is 0 Å². The van der Waals surface area contributed by atoms with Gasteiger partial charge in [-0.25, -0.2) is 0 Å². The molecule has 118 valence electrons. The van der Waals surface area contributed by atoms with Gasteiger partial charge in [-0.05, 0) is 54.5 Å². The topological polar surface area (TPSA) is 69.4 Å². The molecular formula is C18H16ClNO3. The quantitative estimate of drug-likeness (QED) is 0.652. The summed E-state index contributed by atoms with van der Waals surface area (Å²) in [6, 6.07) is 12.3. The molecule has 0 saturated carbocycles. The molecule has 0 bridgehead atoms. The van der Waals surface area contributed by atoms with E-state index in [1.807, 2.05) is 18.2 Å². The van der Waals surface area contributed by atoms with Gasteiger partial charge in [-0.2, -0.15) is 0 Å². The van der Waals surface area contributed by atoms with Crippen molar-refractivity contribution in [2.75, 3.05) is 6.61 Å². The number of primary amides is 1. The lowest BCUT2D eigenvalue weighted by atomic mass is 10.1. The zero-order valence-electron chi connectivity index (χ0n) is 12.6. The van der Waals surface area contributed by atoms with Gasteiger partial charge in [0.15, 0.2) is 12.4 Å².